The number of esters is 1. The van der Waals surface area contributed by atoms with Crippen LogP contribution >= 0.6 is 45.2 Å². The van der Waals surface area contributed by atoms with Crippen LogP contribution in [0.4, 0.5) is 0 Å². The Balaban J connectivity index is 2.40. The Morgan fingerprint density at radius 2 is 1.64 bits per heavy atom. The number of carbonyl (C=O) groups excluding carboxylic acids is 2. The number of rotatable bonds is 0. The number of benzene rings is 2. The molecule has 0 saturated heterocycles. The minimum absolute atomic E-state index is 0.0482. The van der Waals surface area contributed by atoms with Gasteiger partial charge in [0.15, 0.2) is 0 Å². The third kappa shape index (κ3) is 2.36. The van der Waals surface area contributed by atoms with Gasteiger partial charge in [-0.15, -0.1) is 0 Å². The van der Waals surface area contributed by atoms with Crippen molar-refractivity contribution in [3.05, 3.63) is 54.7 Å². The first kappa shape index (κ1) is 15.9. The van der Waals surface area contributed by atoms with Crippen molar-refractivity contribution in [3.63, 3.8) is 0 Å². The van der Waals surface area contributed by atoms with E-state index in [0.717, 1.165) is 0 Å². The summed E-state index contributed by atoms with van der Waals surface area (Å²) >= 11 is 3.83. The van der Waals surface area contributed by atoms with Crippen LogP contribution in [0.15, 0.2) is 41.3 Å². The molecule has 8 heteroatoms. The third-order valence-corrected chi connectivity index (χ3v) is 7.76. The molecule has 0 unspecified atom stereocenters. The highest BCUT2D eigenvalue weighted by molar-refractivity contribution is 14.1. The topological polar surface area (TPSA) is 77.5 Å². The normalized spacial score (nSPS) is 16.1. The van der Waals surface area contributed by atoms with Gasteiger partial charge in [-0.1, -0.05) is 12.1 Å². The van der Waals surface area contributed by atoms with Gasteiger partial charge in [0.1, 0.15) is 10.6 Å². The maximum absolute atomic E-state index is 12.6. The van der Waals surface area contributed by atoms with Crippen molar-refractivity contribution >= 4 is 66.1 Å². The standard InChI is InChI=1S/C14H6I2O5S/c15-8-6-5-7-11(12(8)16)14(18)22(19,20)10-4-2-1-3-9(10)21-13(7)17/h1-6H. The molecular weight excluding hydrogens is 534 g/mol. The van der Waals surface area contributed by atoms with E-state index < -0.39 is 20.9 Å². The maximum Gasteiger partial charge on any atom is 0.344 e. The molecule has 0 amide bonds. The highest BCUT2D eigenvalue weighted by Gasteiger charge is 2.37. The lowest BCUT2D eigenvalue weighted by molar-refractivity contribution is 0.0724. The number of hydrogen-bond donors (Lipinski definition) is 0. The predicted molar refractivity (Wildman–Crippen MR) is 94.8 cm³/mol. The summed E-state index contributed by atoms with van der Waals surface area (Å²) in [5, 5.41) is -1.09. The Labute approximate surface area is 153 Å². The smallest absolute Gasteiger partial charge is 0.344 e. The molecule has 2 aromatic rings. The lowest BCUT2D eigenvalue weighted by atomic mass is 10.1. The van der Waals surface area contributed by atoms with Crippen molar-refractivity contribution in [2.45, 2.75) is 4.90 Å². The van der Waals surface area contributed by atoms with Gasteiger partial charge in [-0.3, -0.25) is 4.79 Å². The van der Waals surface area contributed by atoms with Crippen LogP contribution < -0.4 is 4.74 Å². The zero-order valence-electron chi connectivity index (χ0n) is 10.7. The van der Waals surface area contributed by atoms with Gasteiger partial charge in [0.05, 0.1) is 11.1 Å². The van der Waals surface area contributed by atoms with Crippen molar-refractivity contribution in [3.8, 4) is 5.75 Å². The van der Waals surface area contributed by atoms with E-state index in [1.165, 1.54) is 30.3 Å². The third-order valence-electron chi connectivity index (χ3n) is 3.10. The first-order valence-corrected chi connectivity index (χ1v) is 9.56. The fraction of sp³-hybridized carbons (Fsp3) is 0. The Kier molecular flexibility index (Phi) is 4.01. The molecule has 1 aliphatic heterocycles. The lowest BCUT2D eigenvalue weighted by Crippen LogP contribution is -2.26. The molecule has 0 aliphatic carbocycles. The first-order chi connectivity index (χ1) is 10.3. The highest BCUT2D eigenvalue weighted by atomic mass is 127. The summed E-state index contributed by atoms with van der Waals surface area (Å²) in [7, 11) is -4.28. The molecule has 0 saturated carbocycles. The van der Waals surface area contributed by atoms with E-state index in [1.54, 1.807) is 6.07 Å². The summed E-state index contributed by atoms with van der Waals surface area (Å²) < 4.78 is 31.4. The fourth-order valence-electron chi connectivity index (χ4n) is 2.07. The van der Waals surface area contributed by atoms with Crippen LogP contribution in [-0.4, -0.2) is 19.5 Å². The number of ether oxygens (including phenoxy) is 1. The number of para-hydroxylation sites is 1. The van der Waals surface area contributed by atoms with Crippen LogP contribution in [-0.2, 0) is 9.84 Å². The molecular formula is C14H6I2O5S. The van der Waals surface area contributed by atoms with Gasteiger partial charge in [0.2, 0.25) is 9.84 Å². The molecule has 5 nitrogen and oxygen atoms in total. The van der Waals surface area contributed by atoms with Crippen LogP contribution in [0.1, 0.15) is 20.7 Å². The summed E-state index contributed by atoms with van der Waals surface area (Å²) in [6.07, 6.45) is 0. The van der Waals surface area contributed by atoms with Crippen LogP contribution in [0.5, 0.6) is 5.75 Å². The molecule has 0 bridgehead atoms. The van der Waals surface area contributed by atoms with Crippen LogP contribution in [0.2, 0.25) is 0 Å². The van der Waals surface area contributed by atoms with Crippen LogP contribution in [0, 0.1) is 7.14 Å². The average Bonchev–Trinajstić information content (AvgIpc) is 2.48. The number of halogens is 2. The number of sulfone groups is 1. The van der Waals surface area contributed by atoms with E-state index in [-0.39, 0.29) is 21.8 Å². The second kappa shape index (κ2) is 5.57. The summed E-state index contributed by atoms with van der Waals surface area (Å²) in [5.41, 5.74) is -0.181. The average molecular weight is 540 g/mol. The molecule has 0 radical (unpaired) electrons. The number of fused-ring (bicyclic) bond motifs is 2. The fourth-order valence-corrected chi connectivity index (χ4v) is 4.73. The molecule has 0 N–H and O–H groups in total. The van der Waals surface area contributed by atoms with Gasteiger partial charge in [-0.2, -0.15) is 0 Å². The van der Waals surface area contributed by atoms with Gasteiger partial charge in [0, 0.05) is 7.14 Å². The molecule has 22 heavy (non-hydrogen) atoms. The predicted octanol–water partition coefficient (Wildman–Crippen LogP) is 3.04. The van der Waals surface area contributed by atoms with Crippen molar-refractivity contribution < 1.29 is 22.7 Å². The van der Waals surface area contributed by atoms with E-state index >= 15 is 0 Å². The molecule has 0 atom stereocenters. The minimum atomic E-state index is -4.28. The Hall–Kier alpha value is -1.01. The van der Waals surface area contributed by atoms with Gasteiger partial charge in [0.25, 0.3) is 5.12 Å². The van der Waals surface area contributed by atoms with Crippen molar-refractivity contribution in [1.82, 2.24) is 0 Å². The van der Waals surface area contributed by atoms with Gasteiger partial charge >= 0.3 is 5.97 Å². The van der Waals surface area contributed by atoms with Gasteiger partial charge < -0.3 is 4.74 Å². The van der Waals surface area contributed by atoms with Crippen molar-refractivity contribution in [2.24, 2.45) is 0 Å². The summed E-state index contributed by atoms with van der Waals surface area (Å²) in [5.74, 6) is -0.889. The Morgan fingerprint density at radius 1 is 0.955 bits per heavy atom. The molecule has 0 fully saturated rings. The molecule has 1 aliphatic rings. The largest absolute Gasteiger partial charge is 0.422 e. The van der Waals surface area contributed by atoms with Gasteiger partial charge in [-0.05, 0) is 69.4 Å². The zero-order chi connectivity index (χ0) is 16.1. The van der Waals surface area contributed by atoms with Gasteiger partial charge in [-0.25, -0.2) is 13.2 Å². The molecule has 0 spiro atoms. The van der Waals surface area contributed by atoms with E-state index in [0.29, 0.717) is 7.14 Å². The first-order valence-electron chi connectivity index (χ1n) is 5.92. The molecule has 2 aromatic carbocycles. The summed E-state index contributed by atoms with van der Waals surface area (Å²) in [6, 6.07) is 8.65. The Morgan fingerprint density at radius 3 is 2.36 bits per heavy atom. The molecule has 1 heterocycles. The SMILES string of the molecule is O=C1Oc2ccccc2S(=O)(=O)C(=O)c2c1ccc(I)c2I. The number of hydrogen-bond acceptors (Lipinski definition) is 5. The van der Waals surface area contributed by atoms with E-state index in [9.17, 15) is 18.0 Å². The quantitative estimate of drug-likeness (QED) is 0.292. The summed E-state index contributed by atoms with van der Waals surface area (Å²) in [6.45, 7) is 0. The van der Waals surface area contributed by atoms with Crippen LogP contribution in [0.3, 0.4) is 0 Å². The van der Waals surface area contributed by atoms with Crippen LogP contribution in [0.25, 0.3) is 0 Å². The van der Waals surface area contributed by atoms with E-state index in [4.69, 9.17) is 4.74 Å². The zero-order valence-corrected chi connectivity index (χ0v) is 15.8. The lowest BCUT2D eigenvalue weighted by Gasteiger charge is -2.17. The number of carbonyl (C=O) groups is 2. The second-order valence-electron chi connectivity index (χ2n) is 4.41. The van der Waals surface area contributed by atoms with E-state index in [1.807, 2.05) is 45.2 Å². The Bertz CT molecular complexity index is 934. The van der Waals surface area contributed by atoms with Crippen molar-refractivity contribution in [1.29, 1.82) is 0 Å². The highest BCUT2D eigenvalue weighted by Crippen LogP contribution is 2.33. The minimum Gasteiger partial charge on any atom is -0.422 e. The molecule has 112 valence electrons. The molecule has 3 rings (SSSR count). The molecule has 0 aromatic heterocycles. The van der Waals surface area contributed by atoms with Crippen molar-refractivity contribution in [2.75, 3.05) is 0 Å². The second-order valence-corrected chi connectivity index (χ2v) is 8.47. The van der Waals surface area contributed by atoms with E-state index in [2.05, 4.69) is 0 Å². The summed E-state index contributed by atoms with van der Waals surface area (Å²) in [4.78, 5) is 24.6. The monoisotopic (exact) mass is 540 g/mol. The maximum atomic E-state index is 12.6.